The van der Waals surface area contributed by atoms with E-state index in [0.29, 0.717) is 6.54 Å². The number of thiocarbonyl (C=S) groups is 1. The van der Waals surface area contributed by atoms with E-state index in [2.05, 4.69) is 36.5 Å². The summed E-state index contributed by atoms with van der Waals surface area (Å²) in [5.41, 5.74) is 3.70. The molecule has 0 saturated carbocycles. The smallest absolute Gasteiger partial charge is 0.168 e. The van der Waals surface area contributed by atoms with Crippen molar-refractivity contribution in [1.29, 1.82) is 0 Å². The summed E-state index contributed by atoms with van der Waals surface area (Å²) < 4.78 is 10.6. The lowest BCUT2D eigenvalue weighted by molar-refractivity contribution is 0.354. The summed E-state index contributed by atoms with van der Waals surface area (Å²) in [4.78, 5) is 2.02. The molecule has 0 aliphatic carbocycles. The highest BCUT2D eigenvalue weighted by molar-refractivity contribution is 7.80. The van der Waals surface area contributed by atoms with Crippen LogP contribution in [0.15, 0.2) is 42.5 Å². The topological polar surface area (TPSA) is 33.7 Å². The maximum absolute atomic E-state index is 5.48. The van der Waals surface area contributed by atoms with E-state index in [0.717, 1.165) is 35.1 Å². The van der Waals surface area contributed by atoms with Crippen molar-refractivity contribution < 1.29 is 9.47 Å². The predicted molar refractivity (Wildman–Crippen MR) is 106 cm³/mol. The molecule has 0 bridgehead atoms. The summed E-state index contributed by atoms with van der Waals surface area (Å²) >= 11 is 5.48. The Bertz CT molecular complexity index is 701. The molecule has 2 aromatic carbocycles. The molecule has 0 spiro atoms. The Morgan fingerprint density at radius 1 is 1.00 bits per heavy atom. The van der Waals surface area contributed by atoms with E-state index in [1.165, 1.54) is 11.1 Å². The second kappa shape index (κ2) is 9.28. The molecule has 25 heavy (non-hydrogen) atoms. The van der Waals surface area contributed by atoms with Crippen molar-refractivity contribution in [3.63, 3.8) is 0 Å². The first-order valence-corrected chi connectivity index (χ1v) is 8.69. The second-order valence-electron chi connectivity index (χ2n) is 6.01. The van der Waals surface area contributed by atoms with Crippen molar-refractivity contribution >= 4 is 17.3 Å². The molecule has 2 aromatic rings. The Hall–Kier alpha value is -2.27. The third kappa shape index (κ3) is 5.64. The number of nitrogens with zero attached hydrogens (tertiary/aromatic N) is 1. The number of methoxy groups -OCH3 is 2. The predicted octanol–water partition coefficient (Wildman–Crippen LogP) is 3.56. The molecule has 1 N–H and O–H groups in total. The van der Waals surface area contributed by atoms with Crippen LogP contribution in [-0.4, -0.2) is 37.8 Å². The summed E-state index contributed by atoms with van der Waals surface area (Å²) in [6, 6.07) is 14.5. The molecule has 0 aliphatic rings. The van der Waals surface area contributed by atoms with E-state index >= 15 is 0 Å². The van der Waals surface area contributed by atoms with Gasteiger partial charge in [-0.3, -0.25) is 0 Å². The van der Waals surface area contributed by atoms with Crippen LogP contribution in [-0.2, 0) is 13.0 Å². The highest BCUT2D eigenvalue weighted by Crippen LogP contribution is 2.27. The highest BCUT2D eigenvalue weighted by atomic mass is 32.1. The first kappa shape index (κ1) is 19.1. The van der Waals surface area contributed by atoms with Gasteiger partial charge >= 0.3 is 0 Å². The summed E-state index contributed by atoms with van der Waals surface area (Å²) in [5.74, 6) is 1.46. The fourth-order valence-electron chi connectivity index (χ4n) is 2.53. The Balaban J connectivity index is 1.84. The van der Waals surface area contributed by atoms with Crippen LogP contribution in [0.3, 0.4) is 0 Å². The van der Waals surface area contributed by atoms with Gasteiger partial charge in [0.2, 0.25) is 0 Å². The summed E-state index contributed by atoms with van der Waals surface area (Å²) in [5, 5.41) is 4.06. The molecule has 0 atom stereocenters. The van der Waals surface area contributed by atoms with Gasteiger partial charge in [0, 0.05) is 20.1 Å². The van der Waals surface area contributed by atoms with E-state index < -0.39 is 0 Å². The second-order valence-corrected chi connectivity index (χ2v) is 6.40. The highest BCUT2D eigenvalue weighted by Gasteiger charge is 2.08. The molecule has 0 radical (unpaired) electrons. The van der Waals surface area contributed by atoms with Crippen molar-refractivity contribution in [3.05, 3.63) is 59.2 Å². The van der Waals surface area contributed by atoms with Gasteiger partial charge in [-0.15, -0.1) is 0 Å². The Morgan fingerprint density at radius 3 is 2.28 bits per heavy atom. The van der Waals surface area contributed by atoms with E-state index in [1.54, 1.807) is 14.2 Å². The first-order valence-electron chi connectivity index (χ1n) is 8.29. The first-order chi connectivity index (χ1) is 12.0. The lowest BCUT2D eigenvalue weighted by atomic mass is 10.1. The zero-order valence-electron chi connectivity index (χ0n) is 15.3. The van der Waals surface area contributed by atoms with Crippen LogP contribution in [0.25, 0.3) is 0 Å². The number of hydrogen-bond donors (Lipinski definition) is 1. The Labute approximate surface area is 155 Å². The van der Waals surface area contributed by atoms with E-state index in [4.69, 9.17) is 21.7 Å². The lowest BCUT2D eigenvalue weighted by Gasteiger charge is -2.21. The average molecular weight is 359 g/mol. The molecule has 134 valence electrons. The minimum Gasteiger partial charge on any atom is -0.493 e. The van der Waals surface area contributed by atoms with Gasteiger partial charge < -0.3 is 19.7 Å². The van der Waals surface area contributed by atoms with Crippen molar-refractivity contribution in [2.24, 2.45) is 0 Å². The monoisotopic (exact) mass is 358 g/mol. The number of nitrogens with one attached hydrogen (secondary N) is 1. The van der Waals surface area contributed by atoms with Gasteiger partial charge in [0.1, 0.15) is 0 Å². The van der Waals surface area contributed by atoms with Crippen LogP contribution in [0.1, 0.15) is 16.7 Å². The van der Waals surface area contributed by atoms with E-state index in [1.807, 2.05) is 30.1 Å². The zero-order chi connectivity index (χ0) is 18.2. The SMILES string of the molecule is COc1ccc(CN(C)C(=S)NCCc2ccc(C)cc2)cc1OC. The molecule has 0 unspecified atom stereocenters. The molecule has 0 fully saturated rings. The largest absolute Gasteiger partial charge is 0.493 e. The van der Waals surface area contributed by atoms with Crippen LogP contribution in [0.4, 0.5) is 0 Å². The number of hydrogen-bond acceptors (Lipinski definition) is 3. The summed E-state index contributed by atoms with van der Waals surface area (Å²) in [6.07, 6.45) is 0.949. The third-order valence-electron chi connectivity index (χ3n) is 4.02. The molecule has 2 rings (SSSR count). The summed E-state index contributed by atoms with van der Waals surface area (Å²) in [7, 11) is 5.26. The van der Waals surface area contributed by atoms with Crippen LogP contribution >= 0.6 is 12.2 Å². The lowest BCUT2D eigenvalue weighted by Crippen LogP contribution is -2.37. The fourth-order valence-corrected chi connectivity index (χ4v) is 2.69. The molecule has 5 heteroatoms. The van der Waals surface area contributed by atoms with Gasteiger partial charge in [0.25, 0.3) is 0 Å². The molecule has 0 aliphatic heterocycles. The van der Waals surface area contributed by atoms with Gasteiger partial charge in [-0.1, -0.05) is 35.9 Å². The molecule has 0 aromatic heterocycles. The van der Waals surface area contributed by atoms with Gasteiger partial charge in [0.15, 0.2) is 16.6 Å². The third-order valence-corrected chi connectivity index (χ3v) is 4.48. The Kier molecular flexibility index (Phi) is 7.07. The maximum Gasteiger partial charge on any atom is 0.168 e. The van der Waals surface area contributed by atoms with Crippen molar-refractivity contribution in [2.75, 3.05) is 27.8 Å². The van der Waals surface area contributed by atoms with E-state index in [9.17, 15) is 0 Å². The molecule has 0 heterocycles. The molecule has 4 nitrogen and oxygen atoms in total. The minimum atomic E-state index is 0.705. The minimum absolute atomic E-state index is 0.705. The number of benzene rings is 2. The number of ether oxygens (including phenoxy) is 2. The molecular formula is C20H26N2O2S. The van der Waals surface area contributed by atoms with Crippen molar-refractivity contribution in [2.45, 2.75) is 19.9 Å². The number of rotatable bonds is 7. The summed E-state index contributed by atoms with van der Waals surface area (Å²) in [6.45, 7) is 3.62. The van der Waals surface area contributed by atoms with Crippen LogP contribution in [0.5, 0.6) is 11.5 Å². The molecule has 0 amide bonds. The quantitative estimate of drug-likeness (QED) is 0.766. The number of aryl methyl sites for hydroxylation is 1. The van der Waals surface area contributed by atoms with Crippen LogP contribution in [0, 0.1) is 6.92 Å². The average Bonchev–Trinajstić information content (AvgIpc) is 2.63. The maximum atomic E-state index is 5.48. The van der Waals surface area contributed by atoms with E-state index in [-0.39, 0.29) is 0 Å². The van der Waals surface area contributed by atoms with Crippen LogP contribution < -0.4 is 14.8 Å². The normalized spacial score (nSPS) is 10.2. The van der Waals surface area contributed by atoms with Gasteiger partial charge in [-0.05, 0) is 48.8 Å². The van der Waals surface area contributed by atoms with Crippen molar-refractivity contribution in [3.8, 4) is 11.5 Å². The van der Waals surface area contributed by atoms with Gasteiger partial charge in [-0.2, -0.15) is 0 Å². The zero-order valence-corrected chi connectivity index (χ0v) is 16.2. The van der Waals surface area contributed by atoms with Gasteiger partial charge in [0.05, 0.1) is 14.2 Å². The molecular weight excluding hydrogens is 332 g/mol. The van der Waals surface area contributed by atoms with Crippen LogP contribution in [0.2, 0.25) is 0 Å². The fraction of sp³-hybridized carbons (Fsp3) is 0.350. The Morgan fingerprint density at radius 2 is 1.64 bits per heavy atom. The standard InChI is InChI=1S/C20H26N2O2S/c1-15-5-7-16(8-6-15)11-12-21-20(25)22(2)14-17-9-10-18(23-3)19(13-17)24-4/h5-10,13H,11-12,14H2,1-4H3,(H,21,25). The van der Waals surface area contributed by atoms with Crippen molar-refractivity contribution in [1.82, 2.24) is 10.2 Å². The molecule has 0 saturated heterocycles. The van der Waals surface area contributed by atoms with Gasteiger partial charge in [-0.25, -0.2) is 0 Å².